The van der Waals surface area contributed by atoms with Crippen LogP contribution in [0, 0.1) is 13.8 Å². The summed E-state index contributed by atoms with van der Waals surface area (Å²) in [5, 5.41) is 14.8. The second-order valence-corrected chi connectivity index (χ2v) is 13.5. The van der Waals surface area contributed by atoms with Crippen molar-refractivity contribution in [3.8, 4) is 5.88 Å². The highest BCUT2D eigenvalue weighted by molar-refractivity contribution is 7.89. The maximum atomic E-state index is 13.8. The molecule has 0 aliphatic carbocycles. The topological polar surface area (TPSA) is 121 Å². The van der Waals surface area contributed by atoms with Gasteiger partial charge in [0.15, 0.2) is 0 Å². The zero-order valence-corrected chi connectivity index (χ0v) is 25.7. The maximum Gasteiger partial charge on any atom is 0.255 e. The van der Waals surface area contributed by atoms with Crippen LogP contribution in [0.25, 0.3) is 0 Å². The number of amides is 1. The van der Waals surface area contributed by atoms with Gasteiger partial charge in [-0.15, -0.1) is 0 Å². The van der Waals surface area contributed by atoms with E-state index in [1.54, 1.807) is 44.2 Å². The Kier molecular flexibility index (Phi) is 8.33. The number of benzene rings is 2. The minimum Gasteiger partial charge on any atom is -0.469 e. The van der Waals surface area contributed by atoms with Crippen molar-refractivity contribution < 1.29 is 24.5 Å². The molecule has 0 radical (unpaired) electrons. The van der Waals surface area contributed by atoms with Crippen LogP contribution in [-0.4, -0.2) is 60.2 Å². The molecule has 1 amide bonds. The summed E-state index contributed by atoms with van der Waals surface area (Å²) >= 11 is 0. The largest absolute Gasteiger partial charge is 0.469 e. The van der Waals surface area contributed by atoms with Crippen molar-refractivity contribution in [3.63, 3.8) is 0 Å². The molecule has 1 aromatic heterocycles. The number of nitrogens with zero attached hydrogens (tertiary/aromatic N) is 2. The fraction of sp³-hybridized carbons (Fsp3) is 0.438. The van der Waals surface area contributed by atoms with Gasteiger partial charge in [0, 0.05) is 38.0 Å². The fourth-order valence-electron chi connectivity index (χ4n) is 5.84. The zero-order chi connectivity index (χ0) is 30.2. The fourth-order valence-corrected chi connectivity index (χ4v) is 7.06. The molecular weight excluding hydrogens is 552 g/mol. The first kappa shape index (κ1) is 30.0. The molecule has 1 fully saturated rings. The summed E-state index contributed by atoms with van der Waals surface area (Å²) in [6, 6.07) is 13.3. The molecule has 3 N–H and O–H groups in total. The van der Waals surface area contributed by atoms with Gasteiger partial charge in [-0.05, 0) is 81.8 Å². The van der Waals surface area contributed by atoms with Gasteiger partial charge in [-0.1, -0.05) is 37.3 Å². The standard InChI is InChI=1S/C32H40N4O5S.H2/c1-6-22-12-14-25(15-13-22)42(39,40)35-28-26-17-23(18-34-30(26)41-32(4,5)29(28)37)31(38)36-16-8-11-24(36)19-33-27-20(2)9-7-10-21(27)3;/h7,9-10,12-15,17-18,24,28-29,33,35,37H,6,8,11,16,19H2,1-5H3;1H/t24-,28+,29-;/m0./s1. The van der Waals surface area contributed by atoms with Gasteiger partial charge in [-0.2, -0.15) is 0 Å². The molecule has 3 aromatic rings. The number of carbonyl (C=O) groups excluding carboxylic acids is 1. The predicted octanol–water partition coefficient (Wildman–Crippen LogP) is 4.78. The number of sulfonamides is 1. The molecule has 2 aromatic carbocycles. The lowest BCUT2D eigenvalue weighted by molar-refractivity contribution is -0.0632. The third-order valence-electron chi connectivity index (χ3n) is 8.41. The van der Waals surface area contributed by atoms with Gasteiger partial charge in [0.25, 0.3) is 5.91 Å². The lowest BCUT2D eigenvalue weighted by Gasteiger charge is -2.41. The number of aryl methyl sites for hydroxylation is 3. The minimum atomic E-state index is -4.01. The average Bonchev–Trinajstić information content (AvgIpc) is 3.43. The van der Waals surface area contributed by atoms with Crippen molar-refractivity contribution in [3.05, 3.63) is 82.5 Å². The normalized spacial score (nSPS) is 21.5. The van der Waals surface area contributed by atoms with Crippen LogP contribution in [0.1, 0.15) is 73.7 Å². The van der Waals surface area contributed by atoms with Gasteiger partial charge < -0.3 is 20.1 Å². The first-order chi connectivity index (χ1) is 19.9. The Morgan fingerprint density at radius 3 is 2.52 bits per heavy atom. The molecule has 5 rings (SSSR count). The van der Waals surface area contributed by atoms with Crippen LogP contribution in [0.5, 0.6) is 5.88 Å². The molecular formula is C32H42N4O5S. The van der Waals surface area contributed by atoms with E-state index in [9.17, 15) is 18.3 Å². The molecule has 3 atom stereocenters. The number of para-hydroxylation sites is 1. The number of likely N-dealkylation sites (tertiary alicyclic amines) is 1. The summed E-state index contributed by atoms with van der Waals surface area (Å²) < 4.78 is 35.5. The second kappa shape index (κ2) is 11.7. The summed E-state index contributed by atoms with van der Waals surface area (Å²) in [7, 11) is -4.01. The monoisotopic (exact) mass is 594 g/mol. The zero-order valence-electron chi connectivity index (χ0n) is 24.8. The van der Waals surface area contributed by atoms with E-state index < -0.39 is 27.8 Å². The molecule has 1 saturated heterocycles. The van der Waals surface area contributed by atoms with E-state index in [4.69, 9.17) is 4.74 Å². The van der Waals surface area contributed by atoms with E-state index in [0.717, 1.165) is 41.6 Å². The number of rotatable bonds is 8. The third-order valence-corrected chi connectivity index (χ3v) is 9.86. The first-order valence-corrected chi connectivity index (χ1v) is 16.0. The number of aliphatic hydroxyl groups excluding tert-OH is 1. The molecule has 2 aliphatic heterocycles. The Balaban J connectivity index is 0.00000423. The highest BCUT2D eigenvalue weighted by Gasteiger charge is 2.46. The number of aromatic nitrogens is 1. The van der Waals surface area contributed by atoms with Crippen LogP contribution < -0.4 is 14.8 Å². The van der Waals surface area contributed by atoms with E-state index in [1.807, 2.05) is 17.9 Å². The Labute approximate surface area is 249 Å². The number of pyridine rings is 1. The molecule has 2 aliphatic rings. The molecule has 0 unspecified atom stereocenters. The van der Waals surface area contributed by atoms with Gasteiger partial charge in [-0.3, -0.25) is 4.79 Å². The number of fused-ring (bicyclic) bond motifs is 1. The number of nitrogens with one attached hydrogen (secondary N) is 2. The van der Waals surface area contributed by atoms with Crippen LogP contribution in [0.4, 0.5) is 5.69 Å². The summed E-state index contributed by atoms with van der Waals surface area (Å²) in [4.78, 5) is 20.2. The Bertz CT molecular complexity index is 1560. The van der Waals surface area contributed by atoms with E-state index in [1.165, 1.54) is 6.20 Å². The van der Waals surface area contributed by atoms with Crippen molar-refractivity contribution in [2.75, 3.05) is 18.4 Å². The van der Waals surface area contributed by atoms with Crippen LogP contribution in [-0.2, 0) is 16.4 Å². The molecule has 9 nitrogen and oxygen atoms in total. The first-order valence-electron chi connectivity index (χ1n) is 14.5. The van der Waals surface area contributed by atoms with Crippen molar-refractivity contribution in [1.82, 2.24) is 14.6 Å². The molecule has 226 valence electrons. The lowest BCUT2D eigenvalue weighted by atomic mass is 9.88. The van der Waals surface area contributed by atoms with E-state index in [-0.39, 0.29) is 24.2 Å². The van der Waals surface area contributed by atoms with Crippen LogP contribution >= 0.6 is 0 Å². The molecule has 0 bridgehead atoms. The van der Waals surface area contributed by atoms with Crippen molar-refractivity contribution in [1.29, 1.82) is 0 Å². The average molecular weight is 595 g/mol. The van der Waals surface area contributed by atoms with Crippen molar-refractivity contribution in [2.45, 2.75) is 82.6 Å². The Morgan fingerprint density at radius 2 is 1.86 bits per heavy atom. The summed E-state index contributed by atoms with van der Waals surface area (Å²) in [6.45, 7) is 10.7. The highest BCUT2D eigenvalue weighted by atomic mass is 32.2. The van der Waals surface area contributed by atoms with E-state index in [2.05, 4.69) is 41.0 Å². The molecule has 10 heteroatoms. The minimum absolute atomic E-state index is 0. The van der Waals surface area contributed by atoms with Gasteiger partial charge in [0.2, 0.25) is 15.9 Å². The quantitative estimate of drug-likeness (QED) is 0.343. The number of anilines is 1. The predicted molar refractivity (Wildman–Crippen MR) is 164 cm³/mol. The number of hydrogen-bond donors (Lipinski definition) is 3. The number of ether oxygens (including phenoxy) is 1. The summed E-state index contributed by atoms with van der Waals surface area (Å²) in [5.41, 5.74) is 3.93. The second-order valence-electron chi connectivity index (χ2n) is 11.8. The highest BCUT2D eigenvalue weighted by Crippen LogP contribution is 2.40. The maximum absolute atomic E-state index is 13.8. The molecule has 3 heterocycles. The van der Waals surface area contributed by atoms with Crippen LogP contribution in [0.3, 0.4) is 0 Å². The van der Waals surface area contributed by atoms with Crippen LogP contribution in [0.15, 0.2) is 59.6 Å². The third kappa shape index (κ3) is 5.88. The smallest absolute Gasteiger partial charge is 0.255 e. The van der Waals surface area contributed by atoms with Crippen molar-refractivity contribution >= 4 is 21.6 Å². The van der Waals surface area contributed by atoms with Gasteiger partial charge in [0.05, 0.1) is 16.5 Å². The molecule has 0 spiro atoms. The summed E-state index contributed by atoms with van der Waals surface area (Å²) in [6.07, 6.45) is 2.78. The van der Waals surface area contributed by atoms with E-state index in [0.29, 0.717) is 24.2 Å². The SMILES string of the molecule is CCc1ccc(S(=O)(=O)N[C@@H]2c3cc(C(=O)N4CCC[C@H]4CNc4c(C)cccc4C)cnc3OC(C)(C)[C@H]2O)cc1.[HH]. The Hall–Kier alpha value is -3.47. The number of hydrogen-bond acceptors (Lipinski definition) is 7. The van der Waals surface area contributed by atoms with Gasteiger partial charge >= 0.3 is 0 Å². The molecule has 42 heavy (non-hydrogen) atoms. The molecule has 0 saturated carbocycles. The summed E-state index contributed by atoms with van der Waals surface area (Å²) in [5.74, 6) is -0.00209. The van der Waals surface area contributed by atoms with Gasteiger partial charge in [-0.25, -0.2) is 18.1 Å². The number of aliphatic hydroxyl groups is 1. The number of carbonyl (C=O) groups is 1. The van der Waals surface area contributed by atoms with Crippen LogP contribution in [0.2, 0.25) is 0 Å². The van der Waals surface area contributed by atoms with Gasteiger partial charge in [0.1, 0.15) is 11.7 Å². The van der Waals surface area contributed by atoms with Crippen molar-refractivity contribution in [2.24, 2.45) is 0 Å². The van der Waals surface area contributed by atoms with E-state index >= 15 is 0 Å². The lowest BCUT2D eigenvalue weighted by Crippen LogP contribution is -2.53. The Morgan fingerprint density at radius 1 is 1.17 bits per heavy atom.